The van der Waals surface area contributed by atoms with Crippen molar-refractivity contribution in [1.82, 2.24) is 10.6 Å². The van der Waals surface area contributed by atoms with E-state index in [2.05, 4.69) is 29.5 Å². The van der Waals surface area contributed by atoms with Crippen LogP contribution in [0.4, 0.5) is 0 Å². The summed E-state index contributed by atoms with van der Waals surface area (Å²) in [5, 5.41) is 6.53. The van der Waals surface area contributed by atoms with Gasteiger partial charge in [0.2, 0.25) is 0 Å². The molecule has 5 nitrogen and oxygen atoms in total. The lowest BCUT2D eigenvalue weighted by molar-refractivity contribution is 0.144. The van der Waals surface area contributed by atoms with E-state index in [0.717, 1.165) is 45.1 Å². The van der Waals surface area contributed by atoms with Crippen molar-refractivity contribution < 1.29 is 9.47 Å². The fourth-order valence-electron chi connectivity index (χ4n) is 1.50. The van der Waals surface area contributed by atoms with Gasteiger partial charge in [0.05, 0.1) is 6.61 Å². The van der Waals surface area contributed by atoms with Crippen LogP contribution in [0.1, 0.15) is 33.6 Å². The van der Waals surface area contributed by atoms with E-state index in [0.29, 0.717) is 6.61 Å². The summed E-state index contributed by atoms with van der Waals surface area (Å²) in [6, 6.07) is 0.260. The molecule has 6 heteroatoms. The van der Waals surface area contributed by atoms with Crippen molar-refractivity contribution in [2.45, 2.75) is 39.7 Å². The zero-order valence-corrected chi connectivity index (χ0v) is 15.0. The van der Waals surface area contributed by atoms with Gasteiger partial charge in [0, 0.05) is 39.5 Å². The van der Waals surface area contributed by atoms with Gasteiger partial charge in [-0.25, -0.2) is 0 Å². The molecule has 2 N–H and O–H groups in total. The molecule has 1 unspecified atom stereocenters. The Balaban J connectivity index is 0. The van der Waals surface area contributed by atoms with Gasteiger partial charge in [-0.15, -0.1) is 24.0 Å². The SMILES string of the molecule is CCNC(=NCCCCOCC)NC(C)COC.I. The molecule has 0 radical (unpaired) electrons. The fraction of sp³-hybridized carbons (Fsp3) is 0.923. The summed E-state index contributed by atoms with van der Waals surface area (Å²) >= 11 is 0. The van der Waals surface area contributed by atoms with Crippen LogP contribution in [-0.4, -0.2) is 52.0 Å². The molecule has 0 aliphatic rings. The van der Waals surface area contributed by atoms with Gasteiger partial charge >= 0.3 is 0 Å². The summed E-state index contributed by atoms with van der Waals surface area (Å²) in [7, 11) is 1.70. The van der Waals surface area contributed by atoms with Crippen molar-refractivity contribution in [2.24, 2.45) is 4.99 Å². The van der Waals surface area contributed by atoms with Crippen molar-refractivity contribution >= 4 is 29.9 Å². The molecule has 0 aliphatic heterocycles. The van der Waals surface area contributed by atoms with Crippen molar-refractivity contribution in [1.29, 1.82) is 0 Å². The van der Waals surface area contributed by atoms with E-state index in [4.69, 9.17) is 9.47 Å². The van der Waals surface area contributed by atoms with Crippen molar-refractivity contribution in [3.63, 3.8) is 0 Å². The van der Waals surface area contributed by atoms with Crippen LogP contribution in [0.5, 0.6) is 0 Å². The third kappa shape index (κ3) is 14.1. The maximum absolute atomic E-state index is 5.29. The molecule has 0 aromatic heterocycles. The number of unbranched alkanes of at least 4 members (excludes halogenated alkanes) is 1. The Morgan fingerprint density at radius 3 is 2.58 bits per heavy atom. The van der Waals surface area contributed by atoms with Crippen LogP contribution in [0.25, 0.3) is 0 Å². The molecule has 1 atom stereocenters. The molecule has 0 heterocycles. The number of nitrogens with one attached hydrogen (secondary N) is 2. The van der Waals surface area contributed by atoms with E-state index in [1.165, 1.54) is 0 Å². The van der Waals surface area contributed by atoms with Gasteiger partial charge in [-0.3, -0.25) is 4.99 Å². The fourth-order valence-corrected chi connectivity index (χ4v) is 1.50. The van der Waals surface area contributed by atoms with Crippen LogP contribution in [0.2, 0.25) is 0 Å². The van der Waals surface area contributed by atoms with Crippen LogP contribution in [0, 0.1) is 0 Å². The maximum atomic E-state index is 5.29. The molecule has 0 aromatic carbocycles. The van der Waals surface area contributed by atoms with Crippen LogP contribution >= 0.6 is 24.0 Å². The maximum Gasteiger partial charge on any atom is 0.191 e. The van der Waals surface area contributed by atoms with Gasteiger partial charge in [-0.05, 0) is 33.6 Å². The number of nitrogens with zero attached hydrogens (tertiary/aromatic N) is 1. The van der Waals surface area contributed by atoms with Crippen LogP contribution < -0.4 is 10.6 Å². The van der Waals surface area contributed by atoms with Crippen LogP contribution in [0.15, 0.2) is 4.99 Å². The molecule has 19 heavy (non-hydrogen) atoms. The van der Waals surface area contributed by atoms with E-state index in [1.807, 2.05) is 6.92 Å². The van der Waals surface area contributed by atoms with E-state index in [-0.39, 0.29) is 30.0 Å². The standard InChI is InChI=1S/C13H29N3O2.HI/c1-5-14-13(16-12(3)11-17-4)15-9-7-8-10-18-6-2;/h12H,5-11H2,1-4H3,(H2,14,15,16);1H. The highest BCUT2D eigenvalue weighted by Gasteiger charge is 2.03. The Labute approximate surface area is 134 Å². The summed E-state index contributed by atoms with van der Waals surface area (Å²) in [4.78, 5) is 4.52. The number of hydrogen-bond acceptors (Lipinski definition) is 3. The molecular weight excluding hydrogens is 357 g/mol. The number of hydrogen-bond donors (Lipinski definition) is 2. The van der Waals surface area contributed by atoms with E-state index in [1.54, 1.807) is 7.11 Å². The molecule has 0 saturated carbocycles. The van der Waals surface area contributed by atoms with Gasteiger partial charge in [0.25, 0.3) is 0 Å². The van der Waals surface area contributed by atoms with Crippen LogP contribution in [-0.2, 0) is 9.47 Å². The molecule has 0 saturated heterocycles. The normalized spacial score (nSPS) is 12.7. The molecule has 0 aliphatic carbocycles. The number of aliphatic imine (C=N–C) groups is 1. The topological polar surface area (TPSA) is 54.9 Å². The largest absolute Gasteiger partial charge is 0.383 e. The Hall–Kier alpha value is -0.0800. The number of ether oxygens (including phenoxy) is 2. The van der Waals surface area contributed by atoms with Crippen LogP contribution in [0.3, 0.4) is 0 Å². The number of guanidine groups is 1. The average Bonchev–Trinajstić information content (AvgIpc) is 2.34. The van der Waals surface area contributed by atoms with Gasteiger partial charge in [-0.1, -0.05) is 0 Å². The molecule has 0 spiro atoms. The second kappa shape index (κ2) is 16.0. The highest BCUT2D eigenvalue weighted by Crippen LogP contribution is 1.91. The lowest BCUT2D eigenvalue weighted by Crippen LogP contribution is -2.44. The van der Waals surface area contributed by atoms with Gasteiger partial charge in [0.1, 0.15) is 0 Å². The predicted molar refractivity (Wildman–Crippen MR) is 91.6 cm³/mol. The zero-order chi connectivity index (χ0) is 13.6. The second-order valence-corrected chi connectivity index (χ2v) is 4.17. The lowest BCUT2D eigenvalue weighted by atomic mass is 10.3. The first-order valence-electron chi connectivity index (χ1n) is 6.86. The highest BCUT2D eigenvalue weighted by molar-refractivity contribution is 14.0. The first kappa shape index (κ1) is 21.2. The van der Waals surface area contributed by atoms with Crippen molar-refractivity contribution in [3.8, 4) is 0 Å². The van der Waals surface area contributed by atoms with Gasteiger partial charge < -0.3 is 20.1 Å². The smallest absolute Gasteiger partial charge is 0.191 e. The monoisotopic (exact) mass is 387 g/mol. The summed E-state index contributed by atoms with van der Waals surface area (Å²) in [5.41, 5.74) is 0. The van der Waals surface area contributed by atoms with Crippen molar-refractivity contribution in [2.75, 3.05) is 40.0 Å². The molecule has 0 amide bonds. The zero-order valence-electron chi connectivity index (χ0n) is 12.7. The van der Waals surface area contributed by atoms with Gasteiger partial charge in [-0.2, -0.15) is 0 Å². The molecule has 0 fully saturated rings. The lowest BCUT2D eigenvalue weighted by Gasteiger charge is -2.16. The first-order chi connectivity index (χ1) is 8.74. The molecule has 0 aromatic rings. The summed E-state index contributed by atoms with van der Waals surface area (Å²) < 4.78 is 10.4. The minimum atomic E-state index is 0. The summed E-state index contributed by atoms with van der Waals surface area (Å²) in [5.74, 6) is 0.860. The number of halogens is 1. The summed E-state index contributed by atoms with van der Waals surface area (Å²) in [6.45, 7) is 10.1. The van der Waals surface area contributed by atoms with Crippen molar-refractivity contribution in [3.05, 3.63) is 0 Å². The molecule has 0 bridgehead atoms. The Kier molecular flexibility index (Phi) is 17.8. The average molecular weight is 387 g/mol. The molecule has 116 valence electrons. The minimum absolute atomic E-state index is 0. The number of rotatable bonds is 10. The Bertz CT molecular complexity index is 216. The second-order valence-electron chi connectivity index (χ2n) is 4.17. The predicted octanol–water partition coefficient (Wildman–Crippen LogP) is 2.01. The molecular formula is C13H30IN3O2. The molecule has 0 rings (SSSR count). The third-order valence-corrected chi connectivity index (χ3v) is 2.31. The highest BCUT2D eigenvalue weighted by atomic mass is 127. The number of methoxy groups -OCH3 is 1. The quantitative estimate of drug-likeness (QED) is 0.261. The third-order valence-electron chi connectivity index (χ3n) is 2.31. The summed E-state index contributed by atoms with van der Waals surface area (Å²) in [6.07, 6.45) is 2.11. The Morgan fingerprint density at radius 2 is 2.00 bits per heavy atom. The van der Waals surface area contributed by atoms with Gasteiger partial charge in [0.15, 0.2) is 5.96 Å². The first-order valence-corrected chi connectivity index (χ1v) is 6.86. The van der Waals surface area contributed by atoms with E-state index in [9.17, 15) is 0 Å². The van der Waals surface area contributed by atoms with E-state index >= 15 is 0 Å². The Morgan fingerprint density at radius 1 is 1.26 bits per heavy atom. The van der Waals surface area contributed by atoms with E-state index < -0.39 is 0 Å². The minimum Gasteiger partial charge on any atom is -0.383 e.